The summed E-state index contributed by atoms with van der Waals surface area (Å²) in [5.41, 5.74) is 1.03. The number of carbonyl (C=O) groups is 1. The van der Waals surface area contributed by atoms with Crippen LogP contribution in [0.25, 0.3) is 0 Å². The lowest BCUT2D eigenvalue weighted by Gasteiger charge is -2.17. The molecule has 0 heterocycles. The molecule has 88 valence electrons. The molecule has 1 aromatic rings. The van der Waals surface area contributed by atoms with Gasteiger partial charge in [-0.15, -0.1) is 0 Å². The van der Waals surface area contributed by atoms with E-state index in [1.165, 1.54) is 13.2 Å². The highest BCUT2D eigenvalue weighted by molar-refractivity contribution is 5.73. The molecule has 1 rings (SSSR count). The van der Waals surface area contributed by atoms with Crippen molar-refractivity contribution in [2.75, 3.05) is 7.11 Å². The Balaban J connectivity index is 3.00. The lowest BCUT2D eigenvalue weighted by molar-refractivity contribution is -0.153. The first-order chi connectivity index (χ1) is 7.47. The van der Waals surface area contributed by atoms with Gasteiger partial charge in [-0.2, -0.15) is 0 Å². The van der Waals surface area contributed by atoms with Gasteiger partial charge in [-0.05, 0) is 30.2 Å². The second-order valence-corrected chi connectivity index (χ2v) is 3.45. The fourth-order valence-electron chi connectivity index (χ4n) is 1.41. The molecule has 0 fully saturated rings. The number of carboxylic acids is 1. The number of carboxylic acid groups (broad SMARTS) is 1. The molecule has 0 saturated heterocycles. The summed E-state index contributed by atoms with van der Waals surface area (Å²) in [7, 11) is 1.51. The fourth-order valence-corrected chi connectivity index (χ4v) is 1.41. The summed E-state index contributed by atoms with van der Waals surface area (Å²) in [6.45, 7) is 1.70. The second kappa shape index (κ2) is 4.96. The molecule has 0 aliphatic rings. The molecular weight excluding hydrogens is 212 g/mol. The Kier molecular flexibility index (Phi) is 3.87. The van der Waals surface area contributed by atoms with E-state index in [2.05, 4.69) is 0 Å². The average Bonchev–Trinajstić information content (AvgIpc) is 2.26. The first-order valence-electron chi connectivity index (χ1n) is 4.71. The minimum Gasteiger partial charge on any atom is -0.497 e. The molecule has 0 amide bonds. The van der Waals surface area contributed by atoms with Crippen LogP contribution in [0.15, 0.2) is 18.2 Å². The third kappa shape index (κ3) is 2.50. The molecule has 0 aliphatic heterocycles. The number of hydrogen-bond acceptors (Lipinski definition) is 4. The van der Waals surface area contributed by atoms with Crippen molar-refractivity contribution < 1.29 is 24.9 Å². The van der Waals surface area contributed by atoms with E-state index in [1.807, 2.05) is 0 Å². The standard InChI is InChI=1S/C11H14O5/c1-6-5-7(16-2)3-4-8(6)9(12)10(13)11(14)15/h3-5,9-10,12-13H,1-2H3,(H,14,15). The van der Waals surface area contributed by atoms with Gasteiger partial charge >= 0.3 is 5.97 Å². The maximum atomic E-state index is 10.5. The van der Waals surface area contributed by atoms with Crippen molar-refractivity contribution in [3.05, 3.63) is 29.3 Å². The van der Waals surface area contributed by atoms with Crippen molar-refractivity contribution in [3.8, 4) is 5.75 Å². The molecule has 5 nitrogen and oxygen atoms in total. The summed E-state index contributed by atoms with van der Waals surface area (Å²) in [6, 6.07) is 4.79. The van der Waals surface area contributed by atoms with Gasteiger partial charge in [0.25, 0.3) is 0 Å². The minimum absolute atomic E-state index is 0.371. The quantitative estimate of drug-likeness (QED) is 0.695. The first-order valence-corrected chi connectivity index (χ1v) is 4.71. The van der Waals surface area contributed by atoms with Gasteiger partial charge in [0.1, 0.15) is 11.9 Å². The lowest BCUT2D eigenvalue weighted by Crippen LogP contribution is -2.27. The number of aliphatic carboxylic acids is 1. The van der Waals surface area contributed by atoms with Crippen molar-refractivity contribution in [1.82, 2.24) is 0 Å². The van der Waals surface area contributed by atoms with Crippen LogP contribution in [-0.4, -0.2) is 34.5 Å². The molecule has 1 aromatic carbocycles. The first kappa shape index (κ1) is 12.5. The Labute approximate surface area is 92.9 Å². The Hall–Kier alpha value is -1.59. The molecule has 16 heavy (non-hydrogen) atoms. The lowest BCUT2D eigenvalue weighted by atomic mass is 9.99. The number of rotatable bonds is 4. The number of aliphatic hydroxyl groups excluding tert-OH is 2. The molecule has 0 aliphatic carbocycles. The van der Waals surface area contributed by atoms with Gasteiger partial charge in [0.05, 0.1) is 7.11 Å². The van der Waals surface area contributed by atoms with Gasteiger partial charge in [-0.25, -0.2) is 4.79 Å². The molecular formula is C11H14O5. The number of benzene rings is 1. The van der Waals surface area contributed by atoms with Crippen molar-refractivity contribution in [2.45, 2.75) is 19.1 Å². The van der Waals surface area contributed by atoms with Crippen LogP contribution in [0.3, 0.4) is 0 Å². The smallest absolute Gasteiger partial charge is 0.335 e. The predicted octanol–water partition coefficient (Wildman–Crippen LogP) is 0.483. The summed E-state index contributed by atoms with van der Waals surface area (Å²) in [4.78, 5) is 10.5. The molecule has 3 N–H and O–H groups in total. The monoisotopic (exact) mass is 226 g/mol. The molecule has 2 atom stereocenters. The third-order valence-electron chi connectivity index (χ3n) is 2.35. The zero-order valence-electron chi connectivity index (χ0n) is 9.04. The Bertz CT molecular complexity index is 388. The summed E-state index contributed by atoms with van der Waals surface area (Å²) in [6.07, 6.45) is -3.27. The van der Waals surface area contributed by atoms with Gasteiger partial charge in [0.2, 0.25) is 0 Å². The van der Waals surface area contributed by atoms with Crippen LogP contribution in [0.2, 0.25) is 0 Å². The molecule has 0 aromatic heterocycles. The van der Waals surface area contributed by atoms with Crippen LogP contribution in [0.1, 0.15) is 17.2 Å². The normalized spacial score (nSPS) is 14.2. The average molecular weight is 226 g/mol. The molecule has 2 unspecified atom stereocenters. The van der Waals surface area contributed by atoms with Crippen molar-refractivity contribution in [3.63, 3.8) is 0 Å². The van der Waals surface area contributed by atoms with E-state index < -0.39 is 18.2 Å². The summed E-state index contributed by atoms with van der Waals surface area (Å²) in [5.74, 6) is -0.846. The van der Waals surface area contributed by atoms with Crippen LogP contribution < -0.4 is 4.74 Å². The number of ether oxygens (including phenoxy) is 1. The molecule has 5 heteroatoms. The second-order valence-electron chi connectivity index (χ2n) is 3.45. The summed E-state index contributed by atoms with van der Waals surface area (Å²) < 4.78 is 4.98. The van der Waals surface area contributed by atoms with E-state index in [0.29, 0.717) is 16.9 Å². The molecule has 0 saturated carbocycles. The molecule has 0 bridgehead atoms. The Morgan fingerprint density at radius 2 is 2.00 bits per heavy atom. The maximum Gasteiger partial charge on any atom is 0.335 e. The van der Waals surface area contributed by atoms with Crippen LogP contribution >= 0.6 is 0 Å². The summed E-state index contributed by atoms with van der Waals surface area (Å²) in [5, 5.41) is 27.4. The number of methoxy groups -OCH3 is 1. The van der Waals surface area contributed by atoms with Gasteiger partial charge < -0.3 is 20.1 Å². The van der Waals surface area contributed by atoms with E-state index in [4.69, 9.17) is 9.84 Å². The fraction of sp³-hybridized carbons (Fsp3) is 0.364. The van der Waals surface area contributed by atoms with Crippen molar-refractivity contribution in [1.29, 1.82) is 0 Å². The summed E-state index contributed by atoms with van der Waals surface area (Å²) >= 11 is 0. The third-order valence-corrected chi connectivity index (χ3v) is 2.35. The minimum atomic E-state index is -1.83. The highest BCUT2D eigenvalue weighted by atomic mass is 16.5. The Morgan fingerprint density at radius 1 is 1.38 bits per heavy atom. The zero-order valence-corrected chi connectivity index (χ0v) is 9.04. The van der Waals surface area contributed by atoms with E-state index in [0.717, 1.165) is 0 Å². The highest BCUT2D eigenvalue weighted by Crippen LogP contribution is 2.24. The number of hydrogen-bond donors (Lipinski definition) is 3. The highest BCUT2D eigenvalue weighted by Gasteiger charge is 2.26. The molecule has 0 radical (unpaired) electrons. The van der Waals surface area contributed by atoms with Gasteiger partial charge in [-0.3, -0.25) is 0 Å². The number of aryl methyl sites for hydroxylation is 1. The van der Waals surface area contributed by atoms with Gasteiger partial charge in [-0.1, -0.05) is 6.07 Å². The van der Waals surface area contributed by atoms with E-state index in [9.17, 15) is 15.0 Å². The van der Waals surface area contributed by atoms with Crippen molar-refractivity contribution >= 4 is 5.97 Å². The maximum absolute atomic E-state index is 10.5. The van der Waals surface area contributed by atoms with Crippen LogP contribution in [0.5, 0.6) is 5.75 Å². The van der Waals surface area contributed by atoms with E-state index in [-0.39, 0.29) is 0 Å². The molecule has 0 spiro atoms. The topological polar surface area (TPSA) is 87.0 Å². The van der Waals surface area contributed by atoms with E-state index in [1.54, 1.807) is 19.1 Å². The Morgan fingerprint density at radius 3 is 2.44 bits per heavy atom. The van der Waals surface area contributed by atoms with Gasteiger partial charge in [0.15, 0.2) is 6.10 Å². The van der Waals surface area contributed by atoms with Crippen LogP contribution in [0, 0.1) is 6.92 Å². The largest absolute Gasteiger partial charge is 0.497 e. The zero-order chi connectivity index (χ0) is 12.3. The van der Waals surface area contributed by atoms with Crippen LogP contribution in [-0.2, 0) is 4.79 Å². The van der Waals surface area contributed by atoms with Gasteiger partial charge in [0, 0.05) is 0 Å². The SMILES string of the molecule is COc1ccc(C(O)C(O)C(=O)O)c(C)c1. The van der Waals surface area contributed by atoms with Crippen LogP contribution in [0.4, 0.5) is 0 Å². The number of aliphatic hydroxyl groups is 2. The predicted molar refractivity (Wildman–Crippen MR) is 56.3 cm³/mol. The van der Waals surface area contributed by atoms with Crippen molar-refractivity contribution in [2.24, 2.45) is 0 Å². The van der Waals surface area contributed by atoms with E-state index >= 15 is 0 Å².